The number of hydrogen-bond acceptors (Lipinski definition) is 3. The molecule has 1 N–H and O–H groups in total. The molecule has 0 saturated carbocycles. The SMILES string of the molecule is Cn1ccc(-c2ccc3n[nH]c(Cc4ccc5c(cnn5C)c4)c3c2)n1. The third kappa shape index (κ3) is 2.38. The summed E-state index contributed by atoms with van der Waals surface area (Å²) in [5.41, 5.74) is 6.53. The van der Waals surface area contributed by atoms with Gasteiger partial charge in [-0.1, -0.05) is 12.1 Å². The van der Waals surface area contributed by atoms with Crippen molar-refractivity contribution in [2.24, 2.45) is 14.1 Å². The van der Waals surface area contributed by atoms with E-state index >= 15 is 0 Å². The lowest BCUT2D eigenvalue weighted by atomic mass is 10.0. The highest BCUT2D eigenvalue weighted by molar-refractivity contribution is 5.86. The normalized spacial score (nSPS) is 11.6. The molecule has 0 amide bonds. The van der Waals surface area contributed by atoms with Gasteiger partial charge < -0.3 is 0 Å². The molecule has 3 heterocycles. The third-order valence-corrected chi connectivity index (χ3v) is 4.83. The first kappa shape index (κ1) is 14.9. The molecule has 0 spiro atoms. The molecule has 0 aliphatic heterocycles. The number of aryl methyl sites for hydroxylation is 2. The zero-order valence-electron chi connectivity index (χ0n) is 14.6. The largest absolute Gasteiger partial charge is 0.281 e. The van der Waals surface area contributed by atoms with Gasteiger partial charge in [-0.05, 0) is 35.9 Å². The molecule has 0 saturated heterocycles. The van der Waals surface area contributed by atoms with Crippen LogP contribution in [0.5, 0.6) is 0 Å². The maximum absolute atomic E-state index is 4.50. The Morgan fingerprint density at radius 2 is 1.96 bits per heavy atom. The molecule has 6 heteroatoms. The fraction of sp³-hybridized carbons (Fsp3) is 0.150. The Morgan fingerprint density at radius 1 is 1.04 bits per heavy atom. The minimum absolute atomic E-state index is 0.799. The summed E-state index contributed by atoms with van der Waals surface area (Å²) in [6.07, 6.45) is 4.66. The maximum atomic E-state index is 4.50. The molecular formula is C20H18N6. The lowest BCUT2D eigenvalue weighted by molar-refractivity contribution is 0.771. The van der Waals surface area contributed by atoms with E-state index in [4.69, 9.17) is 0 Å². The van der Waals surface area contributed by atoms with Crippen LogP contribution in [0.2, 0.25) is 0 Å². The second-order valence-corrected chi connectivity index (χ2v) is 6.65. The third-order valence-electron chi connectivity index (χ3n) is 4.83. The Morgan fingerprint density at radius 3 is 2.81 bits per heavy atom. The van der Waals surface area contributed by atoms with Crippen LogP contribution < -0.4 is 0 Å². The Hall–Kier alpha value is -3.41. The van der Waals surface area contributed by atoms with Crippen molar-refractivity contribution in [3.63, 3.8) is 0 Å². The highest BCUT2D eigenvalue weighted by atomic mass is 15.3. The van der Waals surface area contributed by atoms with Crippen LogP contribution in [0.15, 0.2) is 54.9 Å². The van der Waals surface area contributed by atoms with Crippen LogP contribution in [-0.2, 0) is 20.5 Å². The van der Waals surface area contributed by atoms with Crippen molar-refractivity contribution in [2.45, 2.75) is 6.42 Å². The molecule has 6 nitrogen and oxygen atoms in total. The van der Waals surface area contributed by atoms with E-state index in [1.54, 1.807) is 0 Å². The van der Waals surface area contributed by atoms with Gasteiger partial charge in [0.2, 0.25) is 0 Å². The molecule has 0 aliphatic rings. The highest BCUT2D eigenvalue weighted by Crippen LogP contribution is 2.26. The minimum Gasteiger partial charge on any atom is -0.281 e. The van der Waals surface area contributed by atoms with Crippen molar-refractivity contribution in [3.05, 3.63) is 66.1 Å². The Balaban J connectivity index is 1.55. The molecule has 0 atom stereocenters. The van der Waals surface area contributed by atoms with E-state index < -0.39 is 0 Å². The number of rotatable bonds is 3. The Labute approximate surface area is 150 Å². The van der Waals surface area contributed by atoms with Crippen LogP contribution >= 0.6 is 0 Å². The van der Waals surface area contributed by atoms with Crippen LogP contribution in [0.4, 0.5) is 0 Å². The zero-order chi connectivity index (χ0) is 17.7. The van der Waals surface area contributed by atoms with E-state index in [0.29, 0.717) is 0 Å². The second-order valence-electron chi connectivity index (χ2n) is 6.65. The van der Waals surface area contributed by atoms with Crippen LogP contribution in [0.25, 0.3) is 33.1 Å². The molecule has 26 heavy (non-hydrogen) atoms. The van der Waals surface area contributed by atoms with Crippen molar-refractivity contribution < 1.29 is 0 Å². The summed E-state index contributed by atoms with van der Waals surface area (Å²) in [5.74, 6) is 0. The van der Waals surface area contributed by atoms with Crippen molar-refractivity contribution >= 4 is 21.8 Å². The Kier molecular flexibility index (Phi) is 3.18. The number of H-pyrrole nitrogens is 1. The quantitative estimate of drug-likeness (QED) is 0.546. The van der Waals surface area contributed by atoms with Crippen LogP contribution in [0, 0.1) is 0 Å². The molecule has 0 bridgehead atoms. The first-order chi connectivity index (χ1) is 12.7. The molecule has 2 aromatic carbocycles. The number of fused-ring (bicyclic) bond motifs is 2. The summed E-state index contributed by atoms with van der Waals surface area (Å²) in [4.78, 5) is 0. The van der Waals surface area contributed by atoms with E-state index in [0.717, 1.165) is 45.2 Å². The van der Waals surface area contributed by atoms with E-state index in [1.807, 2.05) is 48.0 Å². The molecule has 5 rings (SSSR count). The summed E-state index contributed by atoms with van der Waals surface area (Å²) in [6, 6.07) is 14.8. The molecule has 3 aromatic heterocycles. The number of nitrogens with zero attached hydrogens (tertiary/aromatic N) is 5. The number of hydrogen-bond donors (Lipinski definition) is 1. The molecular weight excluding hydrogens is 324 g/mol. The number of aromatic nitrogens is 6. The monoisotopic (exact) mass is 342 g/mol. The van der Waals surface area contributed by atoms with Gasteiger partial charge in [0.1, 0.15) is 0 Å². The Bertz CT molecular complexity index is 1240. The average molecular weight is 342 g/mol. The minimum atomic E-state index is 0.799. The standard InChI is InChI=1S/C20H18N6/c1-25-8-7-17(24-25)14-4-5-18-16(11-14)19(23-22-18)10-13-3-6-20-15(9-13)12-21-26(20)2/h3-9,11-12H,10H2,1-2H3,(H,22,23). The first-order valence-electron chi connectivity index (χ1n) is 8.55. The fourth-order valence-electron chi connectivity index (χ4n) is 3.45. The van der Waals surface area contributed by atoms with Gasteiger partial charge in [-0.25, -0.2) is 0 Å². The van der Waals surface area contributed by atoms with Gasteiger partial charge in [0.05, 0.1) is 22.9 Å². The van der Waals surface area contributed by atoms with Crippen molar-refractivity contribution in [1.82, 2.24) is 29.8 Å². The molecule has 128 valence electrons. The van der Waals surface area contributed by atoms with Crippen molar-refractivity contribution in [2.75, 3.05) is 0 Å². The number of nitrogens with one attached hydrogen (secondary N) is 1. The van der Waals surface area contributed by atoms with Crippen LogP contribution in [-0.4, -0.2) is 29.8 Å². The fourth-order valence-corrected chi connectivity index (χ4v) is 3.45. The van der Waals surface area contributed by atoms with Crippen molar-refractivity contribution in [3.8, 4) is 11.3 Å². The number of aromatic amines is 1. The van der Waals surface area contributed by atoms with Gasteiger partial charge >= 0.3 is 0 Å². The van der Waals surface area contributed by atoms with Gasteiger partial charge in [0.15, 0.2) is 0 Å². The second kappa shape index (κ2) is 5.56. The number of benzene rings is 2. The van der Waals surface area contributed by atoms with Crippen molar-refractivity contribution in [1.29, 1.82) is 0 Å². The zero-order valence-corrected chi connectivity index (χ0v) is 14.6. The van der Waals surface area contributed by atoms with E-state index in [2.05, 4.69) is 50.7 Å². The predicted octanol–water partition coefficient (Wildman–Crippen LogP) is 3.44. The summed E-state index contributed by atoms with van der Waals surface area (Å²) in [7, 11) is 3.89. The predicted molar refractivity (Wildman–Crippen MR) is 102 cm³/mol. The molecule has 0 fully saturated rings. The van der Waals surface area contributed by atoms with Crippen LogP contribution in [0.3, 0.4) is 0 Å². The van der Waals surface area contributed by atoms with E-state index in [9.17, 15) is 0 Å². The van der Waals surface area contributed by atoms with E-state index in [-0.39, 0.29) is 0 Å². The maximum Gasteiger partial charge on any atom is 0.0924 e. The first-order valence-corrected chi connectivity index (χ1v) is 8.55. The van der Waals surface area contributed by atoms with Crippen LogP contribution in [0.1, 0.15) is 11.3 Å². The molecule has 0 unspecified atom stereocenters. The molecule has 0 radical (unpaired) electrons. The van der Waals surface area contributed by atoms with E-state index in [1.165, 1.54) is 5.56 Å². The topological polar surface area (TPSA) is 64.3 Å². The summed E-state index contributed by atoms with van der Waals surface area (Å²) >= 11 is 0. The van der Waals surface area contributed by atoms with Gasteiger partial charge in [-0.15, -0.1) is 0 Å². The lowest BCUT2D eigenvalue weighted by Gasteiger charge is -2.03. The van der Waals surface area contributed by atoms with Gasteiger partial charge in [-0.2, -0.15) is 15.3 Å². The highest BCUT2D eigenvalue weighted by Gasteiger charge is 2.10. The van der Waals surface area contributed by atoms with Gasteiger partial charge in [0.25, 0.3) is 0 Å². The summed E-state index contributed by atoms with van der Waals surface area (Å²) in [6.45, 7) is 0. The average Bonchev–Trinajstić information content (AvgIpc) is 3.35. The summed E-state index contributed by atoms with van der Waals surface area (Å²) < 4.78 is 3.71. The lowest BCUT2D eigenvalue weighted by Crippen LogP contribution is -1.91. The molecule has 5 aromatic rings. The molecule has 0 aliphatic carbocycles. The smallest absolute Gasteiger partial charge is 0.0924 e. The van der Waals surface area contributed by atoms with Gasteiger partial charge in [-0.3, -0.25) is 14.5 Å². The summed E-state index contributed by atoms with van der Waals surface area (Å²) in [5, 5.41) is 18.8. The van der Waals surface area contributed by atoms with Gasteiger partial charge in [0, 0.05) is 48.7 Å².